The zero-order chi connectivity index (χ0) is 29.0. The lowest BCUT2D eigenvalue weighted by Gasteiger charge is -2.10. The molecule has 4 heterocycles. The lowest BCUT2D eigenvalue weighted by Crippen LogP contribution is -2.22. The van der Waals surface area contributed by atoms with Gasteiger partial charge >= 0.3 is 11.9 Å². The van der Waals surface area contributed by atoms with Crippen molar-refractivity contribution in [3.8, 4) is 22.8 Å². The zero-order valence-corrected chi connectivity index (χ0v) is 20.2. The van der Waals surface area contributed by atoms with Crippen molar-refractivity contribution in [3.63, 3.8) is 0 Å². The molecule has 0 saturated carbocycles. The van der Waals surface area contributed by atoms with Gasteiger partial charge in [-0.3, -0.25) is 14.1 Å². The third kappa shape index (κ3) is 4.41. The van der Waals surface area contributed by atoms with Crippen LogP contribution in [0.1, 0.15) is 40.8 Å². The van der Waals surface area contributed by atoms with E-state index < -0.39 is 24.5 Å². The molecule has 190 valence electrons. The van der Waals surface area contributed by atoms with E-state index in [2.05, 4.69) is 19.9 Å². The summed E-state index contributed by atoms with van der Waals surface area (Å²) in [7, 11) is 1.47. The molecule has 0 aliphatic rings. The molecule has 37 heavy (non-hydrogen) atoms. The molecule has 11 heteroatoms. The van der Waals surface area contributed by atoms with Crippen molar-refractivity contribution in [2.75, 3.05) is 0 Å². The number of rotatable bonds is 5. The summed E-state index contributed by atoms with van der Waals surface area (Å²) in [6, 6.07) is 10.0. The maximum Gasteiger partial charge on any atom is 0.434 e. The third-order valence-electron chi connectivity index (χ3n) is 6.01. The molecule has 5 aromatic rings. The van der Waals surface area contributed by atoms with Crippen LogP contribution in [0.4, 0.5) is 13.2 Å². The van der Waals surface area contributed by atoms with Gasteiger partial charge in [-0.25, -0.2) is 19.7 Å². The first kappa shape index (κ1) is 20.9. The van der Waals surface area contributed by atoms with Gasteiger partial charge in [0.2, 0.25) is 0 Å². The Balaban J connectivity index is 1.58. The Morgan fingerprint density at radius 1 is 1.08 bits per heavy atom. The highest BCUT2D eigenvalue weighted by molar-refractivity contribution is 5.74. The first-order chi connectivity index (χ1) is 18.8. The van der Waals surface area contributed by atoms with E-state index in [1.54, 1.807) is 36.5 Å². The molecular weight excluding hydrogens is 483 g/mol. The first-order valence-electron chi connectivity index (χ1n) is 12.9. The molecule has 4 aromatic heterocycles. The van der Waals surface area contributed by atoms with Crippen LogP contribution in [0.15, 0.2) is 59.8 Å². The molecule has 0 N–H and O–H groups in total. The molecular formula is C26H24F3N7O. The molecule has 0 saturated heterocycles. The standard InChI is InChI=1S/C26H24F3N7O/c1-15(2)21-18(6-5-11-30-21)22-31-12-19-24(33-22)36(25(37)35(19)4)13-16-7-9-17(10-8-16)23-32-20(14-34(23)3)26(27,28)29/h5-12,14-15H,13H2,1-4H3/i4D3. The van der Waals surface area contributed by atoms with Crippen molar-refractivity contribution in [1.29, 1.82) is 0 Å². The number of benzene rings is 1. The summed E-state index contributed by atoms with van der Waals surface area (Å²) in [6.07, 6.45) is -0.671. The quantitative estimate of drug-likeness (QED) is 0.340. The number of hydrogen-bond acceptors (Lipinski definition) is 5. The van der Waals surface area contributed by atoms with E-state index in [0.29, 0.717) is 27.1 Å². The highest BCUT2D eigenvalue weighted by Gasteiger charge is 2.34. The minimum Gasteiger partial charge on any atom is -0.333 e. The topological polar surface area (TPSA) is 83.4 Å². The Bertz CT molecular complexity index is 1770. The number of hydrogen-bond donors (Lipinski definition) is 0. The third-order valence-corrected chi connectivity index (χ3v) is 6.01. The fourth-order valence-electron chi connectivity index (χ4n) is 4.19. The largest absolute Gasteiger partial charge is 0.434 e. The maximum atomic E-state index is 13.4. The lowest BCUT2D eigenvalue weighted by molar-refractivity contribution is -0.140. The Morgan fingerprint density at radius 2 is 1.84 bits per heavy atom. The van der Waals surface area contributed by atoms with Crippen LogP contribution in [0, 0.1) is 0 Å². The van der Waals surface area contributed by atoms with Crippen molar-refractivity contribution in [1.82, 2.24) is 33.6 Å². The fourth-order valence-corrected chi connectivity index (χ4v) is 4.19. The average molecular weight is 511 g/mol. The van der Waals surface area contributed by atoms with Gasteiger partial charge in [0, 0.05) is 41.7 Å². The number of aryl methyl sites for hydroxylation is 2. The number of nitrogens with zero attached hydrogens (tertiary/aromatic N) is 7. The van der Waals surface area contributed by atoms with E-state index in [4.69, 9.17) is 4.11 Å². The van der Waals surface area contributed by atoms with Crippen LogP contribution >= 0.6 is 0 Å². The number of imidazole rings is 2. The second kappa shape index (κ2) is 8.99. The van der Waals surface area contributed by atoms with E-state index >= 15 is 0 Å². The van der Waals surface area contributed by atoms with Crippen LogP contribution in [0.25, 0.3) is 33.9 Å². The Hall–Kier alpha value is -4.28. The van der Waals surface area contributed by atoms with Gasteiger partial charge in [0.25, 0.3) is 0 Å². The summed E-state index contributed by atoms with van der Waals surface area (Å²) in [5.74, 6) is 0.491. The zero-order valence-electron chi connectivity index (χ0n) is 23.2. The van der Waals surface area contributed by atoms with Crippen molar-refractivity contribution in [3.05, 3.63) is 82.4 Å². The highest BCUT2D eigenvalue weighted by Crippen LogP contribution is 2.31. The minimum absolute atomic E-state index is 0.0341. The molecule has 5 rings (SSSR count). The van der Waals surface area contributed by atoms with Gasteiger partial charge in [0.15, 0.2) is 17.2 Å². The van der Waals surface area contributed by atoms with Crippen molar-refractivity contribution >= 4 is 11.2 Å². The maximum absolute atomic E-state index is 13.4. The Kier molecular flexibility index (Phi) is 5.07. The van der Waals surface area contributed by atoms with Crippen LogP contribution in [0.2, 0.25) is 0 Å². The summed E-state index contributed by atoms with van der Waals surface area (Å²) in [4.78, 5) is 30.5. The molecule has 8 nitrogen and oxygen atoms in total. The number of pyridine rings is 1. The van der Waals surface area contributed by atoms with Crippen molar-refractivity contribution in [2.45, 2.75) is 32.5 Å². The monoisotopic (exact) mass is 510 g/mol. The Morgan fingerprint density at radius 3 is 2.49 bits per heavy atom. The molecule has 1 aromatic carbocycles. The van der Waals surface area contributed by atoms with Crippen molar-refractivity contribution < 1.29 is 17.3 Å². The number of alkyl halides is 3. The van der Waals surface area contributed by atoms with Gasteiger partial charge in [-0.15, -0.1) is 0 Å². The van der Waals surface area contributed by atoms with Crippen LogP contribution < -0.4 is 5.69 Å². The molecule has 0 radical (unpaired) electrons. The van der Waals surface area contributed by atoms with E-state index in [9.17, 15) is 18.0 Å². The number of halogens is 3. The van der Waals surface area contributed by atoms with E-state index in [1.807, 2.05) is 19.9 Å². The van der Waals surface area contributed by atoms with Crippen LogP contribution in [0.5, 0.6) is 0 Å². The highest BCUT2D eigenvalue weighted by atomic mass is 19.4. The van der Waals surface area contributed by atoms with Gasteiger partial charge in [0.1, 0.15) is 11.3 Å². The van der Waals surface area contributed by atoms with Gasteiger partial charge in [-0.2, -0.15) is 13.2 Å². The SMILES string of the molecule is [2H]C([2H])([2H])n1c(=O)n(Cc2ccc(-c3nc(C(F)(F)F)cn3C)cc2)c2nc(-c3cccnc3C(C)C)ncc21. The van der Waals surface area contributed by atoms with Gasteiger partial charge in [-0.1, -0.05) is 38.1 Å². The summed E-state index contributed by atoms with van der Waals surface area (Å²) in [5.41, 5.74) is 0.858. The minimum atomic E-state index is -4.57. The summed E-state index contributed by atoms with van der Waals surface area (Å²) in [5, 5.41) is 0. The number of aromatic nitrogens is 7. The smallest absolute Gasteiger partial charge is 0.333 e. The predicted octanol–water partition coefficient (Wildman–Crippen LogP) is 4.78. The molecule has 0 unspecified atom stereocenters. The van der Waals surface area contributed by atoms with Gasteiger partial charge < -0.3 is 4.57 Å². The molecule has 0 spiro atoms. The fraction of sp³-hybridized carbons (Fsp3) is 0.269. The normalized spacial score (nSPS) is 13.6. The summed E-state index contributed by atoms with van der Waals surface area (Å²) in [6.45, 7) is 1.14. The molecule has 0 atom stereocenters. The van der Waals surface area contributed by atoms with Crippen LogP contribution in [-0.4, -0.2) is 33.6 Å². The summed E-state index contributed by atoms with van der Waals surface area (Å²) < 4.78 is 66.2. The molecule has 0 aliphatic carbocycles. The average Bonchev–Trinajstić information content (AvgIpc) is 3.41. The molecule has 0 bridgehead atoms. The molecule has 0 amide bonds. The second-order valence-electron chi connectivity index (χ2n) is 8.95. The van der Waals surface area contributed by atoms with E-state index in [1.165, 1.54) is 22.4 Å². The van der Waals surface area contributed by atoms with Gasteiger partial charge in [0.05, 0.1) is 18.4 Å². The predicted molar refractivity (Wildman–Crippen MR) is 133 cm³/mol. The number of fused-ring (bicyclic) bond motifs is 1. The lowest BCUT2D eigenvalue weighted by atomic mass is 10.0. The van der Waals surface area contributed by atoms with E-state index in [0.717, 1.165) is 11.9 Å². The Labute approximate surface area is 214 Å². The summed E-state index contributed by atoms with van der Waals surface area (Å²) >= 11 is 0. The van der Waals surface area contributed by atoms with Gasteiger partial charge in [-0.05, 0) is 23.6 Å². The molecule has 0 fully saturated rings. The first-order valence-corrected chi connectivity index (χ1v) is 11.4. The molecule has 0 aliphatic heterocycles. The van der Waals surface area contributed by atoms with E-state index in [-0.39, 0.29) is 29.5 Å². The van der Waals surface area contributed by atoms with Crippen LogP contribution in [-0.2, 0) is 26.7 Å². The second-order valence-corrected chi connectivity index (χ2v) is 8.95. The van der Waals surface area contributed by atoms with Crippen LogP contribution in [0.3, 0.4) is 0 Å². The van der Waals surface area contributed by atoms with Crippen molar-refractivity contribution in [2.24, 2.45) is 14.0 Å².